The lowest BCUT2D eigenvalue weighted by atomic mass is 10.1. The Kier molecular flexibility index (Phi) is 9.00. The third-order valence-corrected chi connectivity index (χ3v) is 8.05. The molecule has 0 bridgehead atoms. The highest BCUT2D eigenvalue weighted by molar-refractivity contribution is 7.89. The number of rotatable bonds is 11. The summed E-state index contributed by atoms with van der Waals surface area (Å²) in [5, 5.41) is 19.5. The lowest BCUT2D eigenvalue weighted by molar-refractivity contribution is -0.139. The SMILES string of the molecule is N=C(N)c1ccc(N2CCN(CC(=O)NC[C@H](NS(=O)(=O)c3ccc(-c4ccccc4)cc3)C(=O)O)C(=O)C2)cc1. The van der Waals surface area contributed by atoms with Crippen molar-refractivity contribution in [2.75, 3.05) is 37.6 Å². The molecule has 1 aliphatic rings. The summed E-state index contributed by atoms with van der Waals surface area (Å²) >= 11 is 0. The summed E-state index contributed by atoms with van der Waals surface area (Å²) in [7, 11) is -4.20. The van der Waals surface area contributed by atoms with E-state index in [0.29, 0.717) is 12.1 Å². The quantitative estimate of drug-likeness (QED) is 0.164. The van der Waals surface area contributed by atoms with E-state index in [1.165, 1.54) is 17.0 Å². The molecule has 41 heavy (non-hydrogen) atoms. The number of nitrogens with two attached hydrogens (primary N) is 1. The monoisotopic (exact) mass is 578 g/mol. The first kappa shape index (κ1) is 29.2. The molecule has 3 aromatic rings. The number of carboxylic acids is 1. The number of amides is 2. The van der Waals surface area contributed by atoms with Gasteiger partial charge in [-0.05, 0) is 47.5 Å². The van der Waals surface area contributed by atoms with E-state index in [-0.39, 0.29) is 36.3 Å². The van der Waals surface area contributed by atoms with Gasteiger partial charge in [0.15, 0.2) is 0 Å². The molecule has 0 saturated carbocycles. The number of aliphatic carboxylic acids is 1. The summed E-state index contributed by atoms with van der Waals surface area (Å²) in [6, 6.07) is 20.6. The number of carboxylic acid groups (broad SMARTS) is 1. The van der Waals surface area contributed by atoms with Gasteiger partial charge in [0.1, 0.15) is 11.9 Å². The minimum atomic E-state index is -4.20. The molecule has 0 aromatic heterocycles. The number of amidine groups is 1. The number of piperazine rings is 1. The Bertz CT molecular complexity index is 1530. The van der Waals surface area contributed by atoms with E-state index in [0.717, 1.165) is 16.8 Å². The molecule has 1 atom stereocenters. The highest BCUT2D eigenvalue weighted by atomic mass is 32.2. The van der Waals surface area contributed by atoms with Crippen molar-refractivity contribution in [3.63, 3.8) is 0 Å². The second-order valence-corrected chi connectivity index (χ2v) is 11.1. The highest BCUT2D eigenvalue weighted by Gasteiger charge is 2.28. The van der Waals surface area contributed by atoms with Crippen LogP contribution in [0.5, 0.6) is 0 Å². The van der Waals surface area contributed by atoms with Crippen molar-refractivity contribution in [1.82, 2.24) is 14.9 Å². The number of carbonyl (C=O) groups is 3. The van der Waals surface area contributed by atoms with Crippen LogP contribution in [0.25, 0.3) is 11.1 Å². The van der Waals surface area contributed by atoms with E-state index in [1.54, 1.807) is 36.4 Å². The van der Waals surface area contributed by atoms with E-state index in [2.05, 4.69) is 10.0 Å². The van der Waals surface area contributed by atoms with Crippen molar-refractivity contribution < 1.29 is 27.9 Å². The molecule has 1 fully saturated rings. The number of nitrogen functional groups attached to an aromatic ring is 1. The molecular formula is C28H30N6O6S. The number of hydrogen-bond acceptors (Lipinski definition) is 7. The number of nitrogens with one attached hydrogen (secondary N) is 3. The van der Waals surface area contributed by atoms with Crippen molar-refractivity contribution in [3.8, 4) is 11.1 Å². The van der Waals surface area contributed by atoms with Crippen molar-refractivity contribution in [1.29, 1.82) is 5.41 Å². The Morgan fingerprint density at radius 2 is 1.59 bits per heavy atom. The van der Waals surface area contributed by atoms with Crippen LogP contribution in [0.2, 0.25) is 0 Å². The van der Waals surface area contributed by atoms with Crippen LogP contribution in [0.3, 0.4) is 0 Å². The predicted molar refractivity (Wildman–Crippen MR) is 153 cm³/mol. The van der Waals surface area contributed by atoms with Gasteiger partial charge in [-0.15, -0.1) is 0 Å². The highest BCUT2D eigenvalue weighted by Crippen LogP contribution is 2.21. The topological polar surface area (TPSA) is 186 Å². The van der Waals surface area contributed by atoms with Gasteiger partial charge in [0, 0.05) is 30.9 Å². The Morgan fingerprint density at radius 1 is 0.951 bits per heavy atom. The molecular weight excluding hydrogens is 548 g/mol. The normalized spacial score (nSPS) is 14.4. The second kappa shape index (κ2) is 12.6. The number of hydrogen-bond donors (Lipinski definition) is 5. The van der Waals surface area contributed by atoms with Crippen molar-refractivity contribution >= 4 is 39.3 Å². The molecule has 13 heteroatoms. The van der Waals surface area contributed by atoms with Gasteiger partial charge in [0.05, 0.1) is 18.0 Å². The maximum atomic E-state index is 12.8. The van der Waals surface area contributed by atoms with E-state index in [9.17, 15) is 27.9 Å². The van der Waals surface area contributed by atoms with Gasteiger partial charge in [-0.25, -0.2) is 8.42 Å². The molecule has 3 aromatic carbocycles. The fourth-order valence-electron chi connectivity index (χ4n) is 4.28. The molecule has 4 rings (SSSR count). The third-order valence-electron chi connectivity index (χ3n) is 6.57. The first-order valence-corrected chi connectivity index (χ1v) is 14.2. The summed E-state index contributed by atoms with van der Waals surface area (Å²) in [5.74, 6) is -2.43. The van der Waals surface area contributed by atoms with Crippen LogP contribution in [0, 0.1) is 5.41 Å². The van der Waals surface area contributed by atoms with Crippen LogP contribution >= 0.6 is 0 Å². The molecule has 1 aliphatic heterocycles. The summed E-state index contributed by atoms with van der Waals surface area (Å²) in [6.07, 6.45) is 0. The second-order valence-electron chi connectivity index (χ2n) is 9.40. The lowest BCUT2D eigenvalue weighted by Gasteiger charge is -2.35. The minimum absolute atomic E-state index is 0.0350. The zero-order chi connectivity index (χ0) is 29.6. The van der Waals surface area contributed by atoms with Crippen molar-refractivity contribution in [2.45, 2.75) is 10.9 Å². The first-order valence-electron chi connectivity index (χ1n) is 12.7. The van der Waals surface area contributed by atoms with Crippen molar-refractivity contribution in [2.24, 2.45) is 5.73 Å². The number of sulfonamides is 1. The molecule has 2 amide bonds. The molecule has 0 spiro atoms. The smallest absolute Gasteiger partial charge is 0.323 e. The Morgan fingerprint density at radius 3 is 2.17 bits per heavy atom. The summed E-state index contributed by atoms with van der Waals surface area (Å²) < 4.78 is 27.8. The number of carbonyl (C=O) groups excluding carboxylic acids is 2. The largest absolute Gasteiger partial charge is 0.480 e. The first-order chi connectivity index (χ1) is 19.5. The third kappa shape index (κ3) is 7.47. The maximum absolute atomic E-state index is 12.8. The molecule has 214 valence electrons. The molecule has 0 unspecified atom stereocenters. The molecule has 1 saturated heterocycles. The molecule has 0 aliphatic carbocycles. The summed E-state index contributed by atoms with van der Waals surface area (Å²) in [6.45, 7) is -0.0524. The van der Waals surface area contributed by atoms with Gasteiger partial charge >= 0.3 is 5.97 Å². The van der Waals surface area contributed by atoms with E-state index < -0.39 is 34.5 Å². The molecule has 1 heterocycles. The standard InChI is InChI=1S/C28H30N6O6S/c29-27(30)21-6-10-22(11-7-21)33-14-15-34(26(36)18-33)17-25(35)31-16-24(28(37)38)32-41(39,40)23-12-8-20(9-13-23)19-4-2-1-3-5-19/h1-13,24,32H,14-18H2,(H3,29,30)(H,31,35)(H,37,38)/t24-/m0/s1. The number of nitrogens with zero attached hydrogens (tertiary/aromatic N) is 2. The van der Waals surface area contributed by atoms with Crippen LogP contribution in [0.15, 0.2) is 83.8 Å². The van der Waals surface area contributed by atoms with Gasteiger partial charge in [0.25, 0.3) is 0 Å². The number of anilines is 1. The average Bonchev–Trinajstić information content (AvgIpc) is 2.96. The van der Waals surface area contributed by atoms with Gasteiger partial charge in [-0.1, -0.05) is 42.5 Å². The van der Waals surface area contributed by atoms with Crippen molar-refractivity contribution in [3.05, 3.63) is 84.4 Å². The fraction of sp³-hybridized carbons (Fsp3) is 0.214. The van der Waals surface area contributed by atoms with E-state index in [1.807, 2.05) is 35.2 Å². The Balaban J connectivity index is 1.29. The van der Waals surface area contributed by atoms with Crippen LogP contribution in [-0.4, -0.2) is 80.8 Å². The summed E-state index contributed by atoms with van der Waals surface area (Å²) in [4.78, 5) is 40.0. The van der Waals surface area contributed by atoms with E-state index in [4.69, 9.17) is 11.1 Å². The lowest BCUT2D eigenvalue weighted by Crippen LogP contribution is -2.54. The Hall–Kier alpha value is -4.75. The van der Waals surface area contributed by atoms with Gasteiger partial charge in [-0.2, -0.15) is 4.72 Å². The van der Waals surface area contributed by atoms with Crippen LogP contribution in [0.1, 0.15) is 5.56 Å². The van der Waals surface area contributed by atoms with Crippen LogP contribution in [-0.2, 0) is 24.4 Å². The molecule has 0 radical (unpaired) electrons. The van der Waals surface area contributed by atoms with Crippen LogP contribution in [0.4, 0.5) is 5.69 Å². The Labute approximate surface area is 237 Å². The fourth-order valence-corrected chi connectivity index (χ4v) is 5.47. The van der Waals surface area contributed by atoms with E-state index >= 15 is 0 Å². The van der Waals surface area contributed by atoms with Gasteiger partial charge in [-0.3, -0.25) is 19.8 Å². The maximum Gasteiger partial charge on any atom is 0.323 e. The predicted octanol–water partition coefficient (Wildman–Crippen LogP) is 0.834. The number of benzene rings is 3. The summed E-state index contributed by atoms with van der Waals surface area (Å²) in [5.41, 5.74) is 8.52. The zero-order valence-corrected chi connectivity index (χ0v) is 22.8. The van der Waals surface area contributed by atoms with Gasteiger partial charge < -0.3 is 26.0 Å². The minimum Gasteiger partial charge on any atom is -0.480 e. The molecule has 12 nitrogen and oxygen atoms in total. The molecule has 6 N–H and O–H groups in total. The zero-order valence-electron chi connectivity index (χ0n) is 22.0. The average molecular weight is 579 g/mol. The van der Waals surface area contributed by atoms with Crippen LogP contribution < -0.4 is 20.7 Å². The van der Waals surface area contributed by atoms with Gasteiger partial charge in [0.2, 0.25) is 21.8 Å².